The highest BCUT2D eigenvalue weighted by atomic mass is 32.2. The number of nitrogens with zero attached hydrogens (tertiary/aromatic N) is 5. The number of hydrogen-bond acceptors (Lipinski definition) is 12. The quantitative estimate of drug-likeness (QED) is 0.0675. The number of aliphatic hydroxyl groups is 1. The van der Waals surface area contributed by atoms with Crippen molar-refractivity contribution in [3.8, 4) is 0 Å². The zero-order valence-electron chi connectivity index (χ0n) is 44.2. The van der Waals surface area contributed by atoms with Crippen LogP contribution in [-0.2, 0) is 43.1 Å². The smallest absolute Gasteiger partial charge is 0.246 e. The van der Waals surface area contributed by atoms with Gasteiger partial charge in [0.1, 0.15) is 42.3 Å². The normalized spacial score (nSPS) is 16.4. The number of morpholine rings is 1. The number of nitrogens with one attached hydrogen (secondary N) is 4. The van der Waals surface area contributed by atoms with Crippen LogP contribution in [0.25, 0.3) is 0 Å². The lowest BCUT2D eigenvalue weighted by molar-refractivity contribution is -0.149. The van der Waals surface area contributed by atoms with E-state index in [0.29, 0.717) is 31.8 Å². The van der Waals surface area contributed by atoms with Crippen molar-refractivity contribution >= 4 is 59.0 Å². The monoisotopic (exact) mass is 984 g/mol. The van der Waals surface area contributed by atoms with Gasteiger partial charge in [-0.2, -0.15) is 11.8 Å². The van der Waals surface area contributed by atoms with Crippen molar-refractivity contribution in [1.29, 1.82) is 0 Å². The first kappa shape index (κ1) is 62.0. The molecule has 19 nitrogen and oxygen atoms in total. The molecule has 20 heteroatoms. The Labute approximate surface area is 411 Å². The molecule has 0 aliphatic carbocycles. The molecule has 0 aromatic rings. The van der Waals surface area contributed by atoms with Gasteiger partial charge in [-0.05, 0) is 83.4 Å². The van der Waals surface area contributed by atoms with E-state index in [1.165, 1.54) is 75.5 Å². The van der Waals surface area contributed by atoms with E-state index in [9.17, 15) is 43.5 Å². The Bertz CT molecular complexity index is 1650. The zero-order valence-corrected chi connectivity index (χ0v) is 45.0. The summed E-state index contributed by atoms with van der Waals surface area (Å²) in [5.41, 5.74) is -1.43. The maximum absolute atomic E-state index is 14.5. The third-order valence-electron chi connectivity index (χ3n) is 12.1. The molecule has 5 N–H and O–H groups in total. The predicted molar refractivity (Wildman–Crippen MR) is 266 cm³/mol. The first-order chi connectivity index (χ1) is 31.6. The molecule has 68 heavy (non-hydrogen) atoms. The van der Waals surface area contributed by atoms with E-state index in [2.05, 4.69) is 26.2 Å². The first-order valence-electron chi connectivity index (χ1n) is 24.4. The van der Waals surface area contributed by atoms with Gasteiger partial charge in [-0.15, -0.1) is 0 Å². The molecule has 1 rings (SSSR count). The van der Waals surface area contributed by atoms with Crippen molar-refractivity contribution < 1.29 is 48.2 Å². The molecule has 1 heterocycles. The van der Waals surface area contributed by atoms with E-state index < -0.39 is 89.3 Å². The fourth-order valence-electron chi connectivity index (χ4n) is 7.90. The second-order valence-electron chi connectivity index (χ2n) is 20.1. The number of amides is 8. The maximum Gasteiger partial charge on any atom is 0.246 e. The molecule has 0 aromatic carbocycles. The Morgan fingerprint density at radius 2 is 1.16 bits per heavy atom. The second kappa shape index (κ2) is 29.9. The van der Waals surface area contributed by atoms with Crippen LogP contribution in [0.4, 0.5) is 0 Å². The van der Waals surface area contributed by atoms with Crippen LogP contribution in [0, 0.1) is 17.8 Å². The third-order valence-corrected chi connectivity index (χ3v) is 13.3. The van der Waals surface area contributed by atoms with Crippen LogP contribution in [0.2, 0.25) is 0 Å². The summed E-state index contributed by atoms with van der Waals surface area (Å²) in [6, 6.07) is -7.31. The van der Waals surface area contributed by atoms with Gasteiger partial charge in [-0.25, -0.2) is 0 Å². The second-order valence-corrected chi connectivity index (χ2v) is 21.3. The Hall–Kier alpha value is -4.01. The van der Waals surface area contributed by atoms with Crippen molar-refractivity contribution in [1.82, 2.24) is 45.8 Å². The van der Waals surface area contributed by atoms with Gasteiger partial charge in [0, 0.05) is 66.9 Å². The van der Waals surface area contributed by atoms with Crippen molar-refractivity contribution in [2.24, 2.45) is 17.8 Å². The Kier molecular flexibility index (Phi) is 27.3. The van der Waals surface area contributed by atoms with Crippen LogP contribution in [0.3, 0.4) is 0 Å². The molecule has 1 saturated heterocycles. The average molecular weight is 984 g/mol. The van der Waals surface area contributed by atoms with Gasteiger partial charge < -0.3 is 50.7 Å². The lowest BCUT2D eigenvalue weighted by Gasteiger charge is -2.38. The molecule has 0 aromatic heterocycles. The highest BCUT2D eigenvalue weighted by Crippen LogP contribution is 2.22. The molecule has 0 radical (unpaired) electrons. The van der Waals surface area contributed by atoms with Gasteiger partial charge >= 0.3 is 0 Å². The van der Waals surface area contributed by atoms with Crippen LogP contribution in [0.15, 0.2) is 0 Å². The highest BCUT2D eigenvalue weighted by molar-refractivity contribution is 7.99. The Morgan fingerprint density at radius 3 is 1.66 bits per heavy atom. The minimum atomic E-state index is -1.43. The number of carbonyl (C=O) groups excluding carboxylic acids is 8. The summed E-state index contributed by atoms with van der Waals surface area (Å²) in [7, 11) is 7.51. The molecule has 1 aliphatic rings. The topological polar surface area (TPSA) is 230 Å². The van der Waals surface area contributed by atoms with Gasteiger partial charge in [0.15, 0.2) is 0 Å². The van der Waals surface area contributed by atoms with E-state index in [0.717, 1.165) is 31.8 Å². The average Bonchev–Trinajstić information content (AvgIpc) is 3.27. The molecule has 0 spiro atoms. The summed E-state index contributed by atoms with van der Waals surface area (Å²) in [5, 5.41) is 21.8. The van der Waals surface area contributed by atoms with Gasteiger partial charge in [0.05, 0.1) is 18.8 Å². The van der Waals surface area contributed by atoms with Crippen molar-refractivity contribution in [2.75, 3.05) is 79.6 Å². The molecular formula is C48H89N9O10S. The molecule has 0 saturated carbocycles. The number of hydrogen-bond donors (Lipinski definition) is 5. The minimum Gasteiger partial charge on any atom is -0.390 e. The Morgan fingerprint density at radius 1 is 0.662 bits per heavy atom. The van der Waals surface area contributed by atoms with Crippen LogP contribution >= 0.6 is 11.8 Å². The zero-order chi connectivity index (χ0) is 52.2. The van der Waals surface area contributed by atoms with Gasteiger partial charge in [-0.3, -0.25) is 43.3 Å². The van der Waals surface area contributed by atoms with Gasteiger partial charge in [0.2, 0.25) is 47.3 Å². The molecule has 1 fully saturated rings. The molecule has 1 aliphatic heterocycles. The summed E-state index contributed by atoms with van der Waals surface area (Å²) < 4.78 is 5.45. The molecule has 0 unspecified atom stereocenters. The van der Waals surface area contributed by atoms with Crippen LogP contribution in [-0.4, -0.2) is 204 Å². The lowest BCUT2D eigenvalue weighted by atomic mass is 9.95. The fourth-order valence-corrected chi connectivity index (χ4v) is 8.99. The minimum absolute atomic E-state index is 0.0847. The van der Waals surface area contributed by atoms with Crippen molar-refractivity contribution in [3.05, 3.63) is 0 Å². The number of likely N-dealkylation sites (N-methyl/N-ethyl adjacent to an activating group) is 5. The van der Waals surface area contributed by atoms with E-state index >= 15 is 0 Å². The first-order valence-corrected chi connectivity index (χ1v) is 25.5. The predicted octanol–water partition coefficient (Wildman–Crippen LogP) is 1.70. The molecule has 7 atom stereocenters. The van der Waals surface area contributed by atoms with E-state index in [4.69, 9.17) is 4.74 Å². The summed E-state index contributed by atoms with van der Waals surface area (Å²) in [6.45, 7) is 23.0. The van der Waals surface area contributed by atoms with Crippen LogP contribution < -0.4 is 21.3 Å². The van der Waals surface area contributed by atoms with Crippen LogP contribution in [0.1, 0.15) is 115 Å². The largest absolute Gasteiger partial charge is 0.390 e. The van der Waals surface area contributed by atoms with E-state index in [-0.39, 0.29) is 42.9 Å². The number of thioether (sulfide) groups is 1. The maximum atomic E-state index is 14.5. The van der Waals surface area contributed by atoms with Crippen molar-refractivity contribution in [3.63, 3.8) is 0 Å². The summed E-state index contributed by atoms with van der Waals surface area (Å²) in [5.74, 6) is -3.50. The SMILES string of the molecule is CCCC(=O)N(C)[C@H](CSCCCN1CCOCC1)C(=O)N(C)[C@@H](CC(C)(C)O)C(=O)N[C@H](C(=O)N(C)[C@@H](CC(C)C)C(=O)N[C@H](C)C(=O)N[C@@H](C)C(=O)N(C)[C@@H](CC(C)C)C(=O)NC)C(C)C. The van der Waals surface area contributed by atoms with Gasteiger partial charge in [-0.1, -0.05) is 48.5 Å². The number of carbonyl (C=O) groups is 8. The highest BCUT2D eigenvalue weighted by Gasteiger charge is 2.41. The summed E-state index contributed by atoms with van der Waals surface area (Å²) in [4.78, 5) is 118. The third kappa shape index (κ3) is 20.5. The summed E-state index contributed by atoms with van der Waals surface area (Å²) >= 11 is 1.55. The van der Waals surface area contributed by atoms with Gasteiger partial charge in [0.25, 0.3) is 0 Å². The number of rotatable bonds is 29. The molecule has 8 amide bonds. The lowest BCUT2D eigenvalue weighted by Crippen LogP contribution is -2.61. The van der Waals surface area contributed by atoms with E-state index in [1.807, 2.05) is 34.6 Å². The Balaban J connectivity index is 3.32. The fraction of sp³-hybridized carbons (Fsp3) is 0.833. The molecule has 0 bridgehead atoms. The van der Waals surface area contributed by atoms with Crippen molar-refractivity contribution in [2.45, 2.75) is 163 Å². The van der Waals surface area contributed by atoms with Crippen LogP contribution in [0.5, 0.6) is 0 Å². The van der Waals surface area contributed by atoms with E-state index in [1.54, 1.807) is 32.7 Å². The molecule has 392 valence electrons. The summed E-state index contributed by atoms with van der Waals surface area (Å²) in [6.07, 6.45) is 2.14. The number of ether oxygens (including phenoxy) is 1. The molecular weight excluding hydrogens is 895 g/mol. The standard InChI is InChI=1S/C48H89N9O10S/c1-17-19-39(58)53(13)38(29-68-25-18-20-57-21-23-67-24-22-57)46(64)56(16)37(28-48(10,11)66)44(62)52-40(32(6)7)47(65)55(15)36(27-31(4)5)43(61)50-33(8)41(59)51-34(9)45(63)54(14)35(26-30(2)3)42(60)49-12/h30-38,40,66H,17-29H2,1-16H3,(H,49,60)(H,50,61)(H,51,59)(H,52,62)/t33-,34+,35+,36+,37+,38-,40+/m1/s1.